The number of H-pyrrole nitrogens is 1. The van der Waals surface area contributed by atoms with Crippen molar-refractivity contribution >= 4 is 23.2 Å². The van der Waals surface area contributed by atoms with Crippen LogP contribution in [0.2, 0.25) is 5.02 Å². The van der Waals surface area contributed by atoms with E-state index in [9.17, 15) is 9.59 Å². The Labute approximate surface area is 161 Å². The number of halogens is 1. The molecule has 0 aliphatic rings. The minimum atomic E-state index is -0.456. The molecule has 0 fully saturated rings. The number of hydrogen-bond donors (Lipinski definition) is 2. The third-order valence-electron chi connectivity index (χ3n) is 3.99. The molecule has 0 spiro atoms. The lowest BCUT2D eigenvalue weighted by atomic mass is 10.1. The first-order valence-electron chi connectivity index (χ1n) is 8.25. The maximum Gasteiger partial charge on any atom is 0.274 e. The van der Waals surface area contributed by atoms with E-state index >= 15 is 0 Å². The van der Waals surface area contributed by atoms with Crippen molar-refractivity contribution in [3.8, 4) is 5.75 Å². The normalized spacial score (nSPS) is 10.5. The molecule has 2 N–H and O–H groups in total. The van der Waals surface area contributed by atoms with Gasteiger partial charge < -0.3 is 15.0 Å². The highest BCUT2D eigenvalue weighted by atomic mass is 35.5. The predicted molar refractivity (Wildman–Crippen MR) is 105 cm³/mol. The van der Waals surface area contributed by atoms with Crippen molar-refractivity contribution < 1.29 is 9.53 Å². The number of carbonyl (C=O) groups excluding carboxylic acids is 1. The van der Waals surface area contributed by atoms with E-state index in [2.05, 4.69) is 15.3 Å². The minimum absolute atomic E-state index is 0.0524. The summed E-state index contributed by atoms with van der Waals surface area (Å²) in [6, 6.07) is 13.7. The summed E-state index contributed by atoms with van der Waals surface area (Å²) in [4.78, 5) is 31.4. The first kappa shape index (κ1) is 18.7. The molecule has 6 nitrogen and oxygen atoms in total. The van der Waals surface area contributed by atoms with Crippen LogP contribution in [0, 0.1) is 6.92 Å². The number of benzene rings is 2. The van der Waals surface area contributed by atoms with Crippen LogP contribution in [0.1, 0.15) is 27.4 Å². The monoisotopic (exact) mass is 383 g/mol. The van der Waals surface area contributed by atoms with Gasteiger partial charge in [-0.3, -0.25) is 9.59 Å². The fraction of sp³-hybridized carbons (Fsp3) is 0.150. The third-order valence-corrected chi connectivity index (χ3v) is 4.23. The highest BCUT2D eigenvalue weighted by Crippen LogP contribution is 2.20. The molecule has 0 saturated heterocycles. The number of amides is 1. The number of anilines is 1. The third kappa shape index (κ3) is 4.74. The quantitative estimate of drug-likeness (QED) is 0.705. The number of nitrogens with zero attached hydrogens (tertiary/aromatic N) is 1. The van der Waals surface area contributed by atoms with E-state index in [-0.39, 0.29) is 11.3 Å². The molecule has 0 saturated carbocycles. The molecule has 0 bridgehead atoms. The smallest absolute Gasteiger partial charge is 0.274 e. The molecule has 1 aromatic heterocycles. The number of aromatic nitrogens is 2. The highest BCUT2D eigenvalue weighted by Gasteiger charge is 2.12. The molecule has 0 atom stereocenters. The number of rotatable bonds is 5. The van der Waals surface area contributed by atoms with E-state index in [4.69, 9.17) is 16.3 Å². The van der Waals surface area contributed by atoms with Crippen molar-refractivity contribution in [1.29, 1.82) is 0 Å². The molecule has 3 rings (SSSR count). The van der Waals surface area contributed by atoms with Crippen LogP contribution in [0.3, 0.4) is 0 Å². The van der Waals surface area contributed by atoms with Gasteiger partial charge in [0, 0.05) is 23.2 Å². The van der Waals surface area contributed by atoms with Crippen LogP contribution in [0.4, 0.5) is 5.69 Å². The van der Waals surface area contributed by atoms with Crippen molar-refractivity contribution in [2.45, 2.75) is 13.3 Å². The summed E-state index contributed by atoms with van der Waals surface area (Å²) in [6.07, 6.45) is 0.389. The first-order chi connectivity index (χ1) is 12.9. The number of nitrogens with one attached hydrogen (secondary N) is 2. The second-order valence-corrected chi connectivity index (χ2v) is 6.45. The Bertz CT molecular complexity index is 1030. The van der Waals surface area contributed by atoms with Gasteiger partial charge in [0.15, 0.2) is 0 Å². The highest BCUT2D eigenvalue weighted by molar-refractivity contribution is 6.30. The van der Waals surface area contributed by atoms with Crippen LogP contribution in [0.5, 0.6) is 5.75 Å². The summed E-state index contributed by atoms with van der Waals surface area (Å²) in [5.41, 5.74) is 2.04. The second kappa shape index (κ2) is 8.05. The molecule has 0 radical (unpaired) electrons. The predicted octanol–water partition coefficient (Wildman–Crippen LogP) is 3.58. The van der Waals surface area contributed by atoms with Gasteiger partial charge in [-0.25, -0.2) is 4.98 Å². The van der Waals surface area contributed by atoms with E-state index in [1.54, 1.807) is 25.3 Å². The molecular weight excluding hydrogens is 366 g/mol. The van der Waals surface area contributed by atoms with E-state index < -0.39 is 5.91 Å². The van der Waals surface area contributed by atoms with Crippen LogP contribution in [-0.4, -0.2) is 23.0 Å². The summed E-state index contributed by atoms with van der Waals surface area (Å²) in [6.45, 7) is 1.84. The Kier molecular flexibility index (Phi) is 5.57. The Morgan fingerprint density at radius 2 is 1.93 bits per heavy atom. The molecule has 0 aliphatic heterocycles. The van der Waals surface area contributed by atoms with Gasteiger partial charge >= 0.3 is 0 Å². The molecule has 2 aromatic carbocycles. The van der Waals surface area contributed by atoms with Crippen LogP contribution in [0.15, 0.2) is 53.3 Å². The number of aryl methyl sites for hydroxylation is 1. The van der Waals surface area contributed by atoms with E-state index in [1.807, 2.05) is 31.2 Å². The molecular formula is C20H18ClN3O3. The van der Waals surface area contributed by atoms with Crippen molar-refractivity contribution in [3.63, 3.8) is 0 Å². The SMILES string of the molecule is COc1ccc(Cc2nc(C(=O)Nc3ccc(Cl)cc3C)cc(=O)[nH]2)cc1. The van der Waals surface area contributed by atoms with Crippen molar-refractivity contribution in [1.82, 2.24) is 9.97 Å². The summed E-state index contributed by atoms with van der Waals surface area (Å²) in [5, 5.41) is 3.34. The van der Waals surface area contributed by atoms with Gasteiger partial charge in [0.1, 0.15) is 17.3 Å². The number of methoxy groups -OCH3 is 1. The van der Waals surface area contributed by atoms with Gasteiger partial charge in [-0.2, -0.15) is 0 Å². The molecule has 138 valence electrons. The largest absolute Gasteiger partial charge is 0.497 e. The summed E-state index contributed by atoms with van der Waals surface area (Å²) in [5.74, 6) is 0.694. The maximum absolute atomic E-state index is 12.5. The summed E-state index contributed by atoms with van der Waals surface area (Å²) < 4.78 is 5.13. The van der Waals surface area contributed by atoms with Gasteiger partial charge in [-0.05, 0) is 48.4 Å². The van der Waals surface area contributed by atoms with Crippen LogP contribution in [0.25, 0.3) is 0 Å². The first-order valence-corrected chi connectivity index (χ1v) is 8.63. The number of carbonyl (C=O) groups is 1. The molecule has 3 aromatic rings. The molecule has 0 unspecified atom stereocenters. The molecule has 7 heteroatoms. The lowest BCUT2D eigenvalue weighted by Crippen LogP contribution is -2.20. The second-order valence-electron chi connectivity index (χ2n) is 6.02. The summed E-state index contributed by atoms with van der Waals surface area (Å²) >= 11 is 5.93. The average Bonchev–Trinajstić information content (AvgIpc) is 2.64. The zero-order valence-electron chi connectivity index (χ0n) is 14.9. The average molecular weight is 384 g/mol. The van der Waals surface area contributed by atoms with E-state index in [1.165, 1.54) is 6.07 Å². The van der Waals surface area contributed by atoms with Gasteiger partial charge in [0.25, 0.3) is 11.5 Å². The van der Waals surface area contributed by atoms with Gasteiger partial charge in [-0.1, -0.05) is 23.7 Å². The topological polar surface area (TPSA) is 84.1 Å². The Balaban J connectivity index is 1.81. The van der Waals surface area contributed by atoms with Crippen LogP contribution in [-0.2, 0) is 6.42 Å². The maximum atomic E-state index is 12.5. The molecule has 0 aliphatic carbocycles. The van der Waals surface area contributed by atoms with Crippen molar-refractivity contribution in [2.75, 3.05) is 12.4 Å². The lowest BCUT2D eigenvalue weighted by molar-refractivity contribution is 0.102. The fourth-order valence-corrected chi connectivity index (χ4v) is 2.83. The van der Waals surface area contributed by atoms with Crippen molar-refractivity contribution in [2.24, 2.45) is 0 Å². The molecule has 27 heavy (non-hydrogen) atoms. The van der Waals surface area contributed by atoms with Crippen LogP contribution >= 0.6 is 11.6 Å². The Hall–Kier alpha value is -3.12. The lowest BCUT2D eigenvalue weighted by Gasteiger charge is -2.09. The summed E-state index contributed by atoms with van der Waals surface area (Å²) in [7, 11) is 1.60. The number of aromatic amines is 1. The van der Waals surface area contributed by atoms with Crippen LogP contribution < -0.4 is 15.6 Å². The Morgan fingerprint density at radius 3 is 2.59 bits per heavy atom. The minimum Gasteiger partial charge on any atom is -0.497 e. The Morgan fingerprint density at radius 1 is 1.19 bits per heavy atom. The fourth-order valence-electron chi connectivity index (χ4n) is 2.60. The van der Waals surface area contributed by atoms with E-state index in [0.29, 0.717) is 23.0 Å². The number of hydrogen-bond acceptors (Lipinski definition) is 4. The molecule has 1 heterocycles. The van der Waals surface area contributed by atoms with E-state index in [0.717, 1.165) is 16.9 Å². The molecule has 1 amide bonds. The van der Waals surface area contributed by atoms with Crippen molar-refractivity contribution in [3.05, 3.63) is 86.6 Å². The van der Waals surface area contributed by atoms with Gasteiger partial charge in [0.2, 0.25) is 0 Å². The zero-order chi connectivity index (χ0) is 19.4. The number of ether oxygens (including phenoxy) is 1. The standard InChI is InChI=1S/C20H18ClN3O3/c1-12-9-14(21)5-8-16(12)23-20(26)17-11-19(25)24-18(22-17)10-13-3-6-15(27-2)7-4-13/h3-9,11H,10H2,1-2H3,(H,23,26)(H,22,24,25). The van der Waals surface area contributed by atoms with Gasteiger partial charge in [-0.15, -0.1) is 0 Å². The van der Waals surface area contributed by atoms with Gasteiger partial charge in [0.05, 0.1) is 7.11 Å². The zero-order valence-corrected chi connectivity index (χ0v) is 15.6.